The van der Waals surface area contributed by atoms with E-state index in [2.05, 4.69) is 20.1 Å². The predicted molar refractivity (Wildman–Crippen MR) is 125 cm³/mol. The standard InChI is InChI=1S/C21H19BClN5O3S/c1-31-14-5-4-6-15(11-14)32(29,30)26-10-9-24-20-12-19(16-7-2-3-8-18(16)23)27-21-17(22)13-25-28(20)21/h2-8,11-13,24,26H,9-10H2,1H3. The molecule has 8 nitrogen and oxygen atoms in total. The maximum absolute atomic E-state index is 12.6. The Kier molecular flexibility index (Phi) is 6.36. The lowest BCUT2D eigenvalue weighted by molar-refractivity contribution is 0.413. The van der Waals surface area contributed by atoms with Crippen LogP contribution in [0.3, 0.4) is 0 Å². The van der Waals surface area contributed by atoms with Crippen LogP contribution in [0.1, 0.15) is 0 Å². The maximum Gasteiger partial charge on any atom is 0.240 e. The molecule has 4 aromatic rings. The Morgan fingerprint density at radius 1 is 1.12 bits per heavy atom. The molecule has 0 unspecified atom stereocenters. The van der Waals surface area contributed by atoms with Gasteiger partial charge in [-0.05, 0) is 23.7 Å². The Morgan fingerprint density at radius 3 is 2.72 bits per heavy atom. The van der Waals surface area contributed by atoms with Crippen molar-refractivity contribution < 1.29 is 13.2 Å². The minimum atomic E-state index is -3.68. The summed E-state index contributed by atoms with van der Waals surface area (Å²) >= 11 is 6.33. The molecule has 0 aliphatic heterocycles. The van der Waals surface area contributed by atoms with Gasteiger partial charge in [-0.1, -0.05) is 35.9 Å². The van der Waals surface area contributed by atoms with Crippen molar-refractivity contribution in [3.63, 3.8) is 0 Å². The number of benzene rings is 2. The van der Waals surface area contributed by atoms with Gasteiger partial charge < -0.3 is 10.1 Å². The molecule has 0 amide bonds. The fraction of sp³-hybridized carbons (Fsp3) is 0.143. The van der Waals surface area contributed by atoms with Crippen molar-refractivity contribution in [3.05, 3.63) is 65.8 Å². The highest BCUT2D eigenvalue weighted by Gasteiger charge is 2.15. The van der Waals surface area contributed by atoms with Crippen molar-refractivity contribution in [2.45, 2.75) is 4.90 Å². The Bertz CT molecular complexity index is 1380. The normalized spacial score (nSPS) is 11.6. The van der Waals surface area contributed by atoms with E-state index in [1.165, 1.54) is 25.4 Å². The van der Waals surface area contributed by atoms with E-state index in [9.17, 15) is 8.42 Å². The number of ether oxygens (including phenoxy) is 1. The van der Waals surface area contributed by atoms with Crippen LogP contribution >= 0.6 is 11.6 Å². The van der Waals surface area contributed by atoms with E-state index in [4.69, 9.17) is 24.2 Å². The summed E-state index contributed by atoms with van der Waals surface area (Å²) in [6, 6.07) is 15.4. The fourth-order valence-electron chi connectivity index (χ4n) is 3.14. The summed E-state index contributed by atoms with van der Waals surface area (Å²) in [5.41, 5.74) is 2.26. The number of anilines is 1. The van der Waals surface area contributed by atoms with Gasteiger partial charge in [0.25, 0.3) is 0 Å². The molecule has 32 heavy (non-hydrogen) atoms. The SMILES string of the molecule is [B]c1cnn2c(NCCNS(=O)(=O)c3cccc(OC)c3)cc(-c3ccccc3Cl)nc12. The van der Waals surface area contributed by atoms with Crippen LogP contribution in [0.25, 0.3) is 16.9 Å². The molecule has 0 aliphatic rings. The molecular weight excluding hydrogens is 449 g/mol. The third-order valence-corrected chi connectivity index (χ3v) is 6.51. The average Bonchev–Trinajstić information content (AvgIpc) is 3.18. The number of aromatic nitrogens is 3. The maximum atomic E-state index is 12.6. The van der Waals surface area contributed by atoms with Crippen LogP contribution in [-0.4, -0.2) is 51.1 Å². The molecule has 11 heteroatoms. The minimum Gasteiger partial charge on any atom is -0.497 e. The number of halogens is 1. The molecular formula is C21H19BClN5O3S. The Balaban J connectivity index is 1.52. The van der Waals surface area contributed by atoms with Gasteiger partial charge in [0.05, 0.1) is 17.7 Å². The van der Waals surface area contributed by atoms with Crippen molar-refractivity contribution in [2.75, 3.05) is 25.5 Å². The first-order valence-electron chi connectivity index (χ1n) is 9.66. The van der Waals surface area contributed by atoms with Gasteiger partial charge in [-0.15, -0.1) is 0 Å². The summed E-state index contributed by atoms with van der Waals surface area (Å²) in [6.45, 7) is 0.436. The second-order valence-electron chi connectivity index (χ2n) is 6.85. The second kappa shape index (κ2) is 9.19. The number of methoxy groups -OCH3 is 1. The molecule has 2 aromatic carbocycles. The average molecular weight is 468 g/mol. The van der Waals surface area contributed by atoms with Crippen molar-refractivity contribution in [2.24, 2.45) is 0 Å². The number of nitrogens with zero attached hydrogens (tertiary/aromatic N) is 3. The third-order valence-electron chi connectivity index (χ3n) is 4.72. The molecule has 4 rings (SSSR count). The molecule has 2 heterocycles. The zero-order valence-electron chi connectivity index (χ0n) is 17.1. The predicted octanol–water partition coefficient (Wildman–Crippen LogP) is 2.24. The smallest absolute Gasteiger partial charge is 0.240 e. The van der Waals surface area contributed by atoms with Crippen LogP contribution in [0, 0.1) is 0 Å². The molecule has 0 fully saturated rings. The summed E-state index contributed by atoms with van der Waals surface area (Å²) in [6.07, 6.45) is 1.51. The third kappa shape index (κ3) is 4.57. The largest absolute Gasteiger partial charge is 0.497 e. The van der Waals surface area contributed by atoms with Crippen molar-refractivity contribution >= 4 is 46.4 Å². The summed E-state index contributed by atoms with van der Waals surface area (Å²) in [5.74, 6) is 1.07. The van der Waals surface area contributed by atoms with Crippen molar-refractivity contribution in [1.82, 2.24) is 19.3 Å². The van der Waals surface area contributed by atoms with E-state index < -0.39 is 10.0 Å². The van der Waals surface area contributed by atoms with E-state index in [0.29, 0.717) is 39.9 Å². The molecule has 0 saturated heterocycles. The van der Waals surface area contributed by atoms with Crippen LogP contribution in [0.2, 0.25) is 5.02 Å². The molecule has 0 aliphatic carbocycles. The first kappa shape index (κ1) is 22.1. The first-order valence-corrected chi connectivity index (χ1v) is 11.5. The van der Waals surface area contributed by atoms with E-state index in [0.717, 1.165) is 5.56 Å². The highest BCUT2D eigenvalue weighted by atomic mass is 35.5. The fourth-order valence-corrected chi connectivity index (χ4v) is 4.44. The van der Waals surface area contributed by atoms with Crippen LogP contribution in [-0.2, 0) is 10.0 Å². The lowest BCUT2D eigenvalue weighted by Crippen LogP contribution is -2.29. The number of hydrogen-bond acceptors (Lipinski definition) is 6. The van der Waals surface area contributed by atoms with Crippen LogP contribution in [0.4, 0.5) is 5.82 Å². The van der Waals surface area contributed by atoms with E-state index in [-0.39, 0.29) is 11.4 Å². The topological polar surface area (TPSA) is 97.6 Å². The monoisotopic (exact) mass is 467 g/mol. The van der Waals surface area contributed by atoms with Gasteiger partial charge in [0.2, 0.25) is 10.0 Å². The number of nitrogens with one attached hydrogen (secondary N) is 2. The summed E-state index contributed by atoms with van der Waals surface area (Å²) in [4.78, 5) is 4.71. The lowest BCUT2D eigenvalue weighted by atomic mass is 10.0. The molecule has 0 bridgehead atoms. The molecule has 162 valence electrons. The quantitative estimate of drug-likeness (QED) is 0.305. The molecule has 2 aromatic heterocycles. The summed E-state index contributed by atoms with van der Waals surface area (Å²) in [5, 5.41) is 7.99. The van der Waals surface area contributed by atoms with Gasteiger partial charge >= 0.3 is 0 Å². The molecule has 0 spiro atoms. The van der Waals surface area contributed by atoms with Crippen LogP contribution in [0.15, 0.2) is 65.7 Å². The summed E-state index contributed by atoms with van der Waals surface area (Å²) < 4.78 is 34.3. The molecule has 2 N–H and O–H groups in total. The van der Waals surface area contributed by atoms with Gasteiger partial charge in [0.1, 0.15) is 19.4 Å². The van der Waals surface area contributed by atoms with Gasteiger partial charge in [0, 0.05) is 42.0 Å². The van der Waals surface area contributed by atoms with Gasteiger partial charge in [-0.3, -0.25) is 0 Å². The zero-order chi connectivity index (χ0) is 22.7. The number of sulfonamides is 1. The van der Waals surface area contributed by atoms with Crippen LogP contribution in [0.5, 0.6) is 5.75 Å². The molecule has 0 atom stereocenters. The highest BCUT2D eigenvalue weighted by Crippen LogP contribution is 2.28. The highest BCUT2D eigenvalue weighted by molar-refractivity contribution is 7.89. The van der Waals surface area contributed by atoms with Crippen LogP contribution < -0.4 is 20.2 Å². The Morgan fingerprint density at radius 2 is 1.94 bits per heavy atom. The van der Waals surface area contributed by atoms with E-state index in [1.54, 1.807) is 28.8 Å². The summed E-state index contributed by atoms with van der Waals surface area (Å²) in [7, 11) is 3.82. The second-order valence-corrected chi connectivity index (χ2v) is 9.02. The molecule has 2 radical (unpaired) electrons. The zero-order valence-corrected chi connectivity index (χ0v) is 18.7. The first-order chi connectivity index (χ1) is 15.4. The Hall–Kier alpha value is -3.08. The number of rotatable bonds is 8. The minimum absolute atomic E-state index is 0.129. The lowest BCUT2D eigenvalue weighted by Gasteiger charge is -2.13. The van der Waals surface area contributed by atoms with Crippen molar-refractivity contribution in [1.29, 1.82) is 0 Å². The number of hydrogen-bond donors (Lipinski definition) is 2. The Labute approximate surface area is 192 Å². The molecule has 0 saturated carbocycles. The van der Waals surface area contributed by atoms with Gasteiger partial charge in [-0.25, -0.2) is 18.1 Å². The van der Waals surface area contributed by atoms with E-state index in [1.807, 2.05) is 18.2 Å². The van der Waals surface area contributed by atoms with Gasteiger partial charge in [-0.2, -0.15) is 9.61 Å². The van der Waals surface area contributed by atoms with Crippen molar-refractivity contribution in [3.8, 4) is 17.0 Å². The number of fused-ring (bicyclic) bond motifs is 1. The van der Waals surface area contributed by atoms with Gasteiger partial charge in [0.15, 0.2) is 5.65 Å². The van der Waals surface area contributed by atoms with E-state index >= 15 is 0 Å².